The van der Waals surface area contributed by atoms with Crippen LogP contribution in [0.3, 0.4) is 0 Å². The molecular formula is C26H23N. The summed E-state index contributed by atoms with van der Waals surface area (Å²) in [5, 5.41) is 0. The van der Waals surface area contributed by atoms with E-state index in [-0.39, 0.29) is 0 Å². The van der Waals surface area contributed by atoms with Gasteiger partial charge in [0.2, 0.25) is 0 Å². The molecule has 2 aliphatic rings. The Hall–Kier alpha value is -3.06. The molecule has 3 aromatic rings. The standard InChI is InChI=1S/C26H23N/c1-2-10-20(11-3-1)18-19-27(21-12-4-5-13-21)26-24-16-8-6-14-22(24)23-15-7-9-17-25(23)26/h1-12,14-17,26H,13,18-19H2. The molecule has 1 heteroatoms. The van der Waals surface area contributed by atoms with Crippen LogP contribution in [0.4, 0.5) is 0 Å². The first-order valence-corrected chi connectivity index (χ1v) is 9.76. The fraction of sp³-hybridized carbons (Fsp3) is 0.154. The fourth-order valence-electron chi connectivity index (χ4n) is 4.45. The van der Waals surface area contributed by atoms with E-state index in [1.165, 1.54) is 33.5 Å². The van der Waals surface area contributed by atoms with Crippen LogP contribution in [0.25, 0.3) is 11.1 Å². The lowest BCUT2D eigenvalue weighted by Crippen LogP contribution is -2.29. The Kier molecular flexibility index (Phi) is 4.14. The van der Waals surface area contributed by atoms with Gasteiger partial charge in [0.05, 0.1) is 6.04 Å². The van der Waals surface area contributed by atoms with Crippen LogP contribution in [-0.4, -0.2) is 11.4 Å². The maximum atomic E-state index is 2.62. The molecule has 0 aliphatic heterocycles. The summed E-state index contributed by atoms with van der Waals surface area (Å²) in [7, 11) is 0. The molecule has 0 saturated carbocycles. The molecule has 0 unspecified atom stereocenters. The van der Waals surface area contributed by atoms with Crippen molar-refractivity contribution >= 4 is 0 Å². The van der Waals surface area contributed by atoms with Gasteiger partial charge in [-0.3, -0.25) is 0 Å². The minimum atomic E-state index is 0.298. The zero-order chi connectivity index (χ0) is 18.1. The van der Waals surface area contributed by atoms with Crippen molar-refractivity contribution in [3.05, 3.63) is 119 Å². The molecule has 0 amide bonds. The van der Waals surface area contributed by atoms with Gasteiger partial charge >= 0.3 is 0 Å². The molecular weight excluding hydrogens is 326 g/mol. The van der Waals surface area contributed by atoms with Crippen LogP contribution in [0.1, 0.15) is 29.2 Å². The zero-order valence-corrected chi connectivity index (χ0v) is 15.4. The van der Waals surface area contributed by atoms with E-state index in [2.05, 4.69) is 102 Å². The maximum absolute atomic E-state index is 2.62. The number of hydrogen-bond donors (Lipinski definition) is 0. The lowest BCUT2D eigenvalue weighted by molar-refractivity contribution is 0.292. The number of allylic oxidation sites excluding steroid dienone is 3. The third kappa shape index (κ3) is 2.90. The van der Waals surface area contributed by atoms with E-state index in [1.807, 2.05) is 0 Å². The van der Waals surface area contributed by atoms with Gasteiger partial charge in [0.25, 0.3) is 0 Å². The van der Waals surface area contributed by atoms with Crippen molar-refractivity contribution in [2.45, 2.75) is 18.9 Å². The molecule has 0 fully saturated rings. The Morgan fingerprint density at radius 3 is 2.00 bits per heavy atom. The van der Waals surface area contributed by atoms with Crippen molar-refractivity contribution in [2.24, 2.45) is 0 Å². The Labute approximate surface area is 161 Å². The summed E-state index contributed by atoms with van der Waals surface area (Å²) in [5.41, 5.74) is 8.44. The molecule has 0 bridgehead atoms. The van der Waals surface area contributed by atoms with Crippen LogP contribution in [0.5, 0.6) is 0 Å². The molecule has 5 rings (SSSR count). The largest absolute Gasteiger partial charge is 0.363 e. The highest BCUT2D eigenvalue weighted by Gasteiger charge is 2.33. The van der Waals surface area contributed by atoms with Crippen molar-refractivity contribution < 1.29 is 0 Å². The summed E-state index contributed by atoms with van der Waals surface area (Å²) in [6.45, 7) is 1.02. The van der Waals surface area contributed by atoms with E-state index >= 15 is 0 Å². The second-order valence-corrected chi connectivity index (χ2v) is 7.30. The number of rotatable bonds is 5. The van der Waals surface area contributed by atoms with E-state index in [9.17, 15) is 0 Å². The summed E-state index contributed by atoms with van der Waals surface area (Å²) in [5.74, 6) is 0. The van der Waals surface area contributed by atoms with Crippen molar-refractivity contribution in [1.82, 2.24) is 4.90 Å². The summed E-state index contributed by atoms with van der Waals surface area (Å²) < 4.78 is 0. The van der Waals surface area contributed by atoms with E-state index in [4.69, 9.17) is 0 Å². The Balaban J connectivity index is 1.55. The summed E-state index contributed by atoms with van der Waals surface area (Å²) in [6, 6.07) is 28.9. The number of benzene rings is 3. The summed E-state index contributed by atoms with van der Waals surface area (Å²) in [4.78, 5) is 2.62. The Morgan fingerprint density at radius 1 is 0.741 bits per heavy atom. The van der Waals surface area contributed by atoms with Crippen LogP contribution in [-0.2, 0) is 6.42 Å². The molecule has 0 radical (unpaired) electrons. The van der Waals surface area contributed by atoms with Crippen LogP contribution < -0.4 is 0 Å². The number of fused-ring (bicyclic) bond motifs is 3. The molecule has 3 aromatic carbocycles. The second kappa shape index (κ2) is 6.92. The van der Waals surface area contributed by atoms with Crippen molar-refractivity contribution in [3.63, 3.8) is 0 Å². The van der Waals surface area contributed by atoms with Gasteiger partial charge < -0.3 is 4.90 Å². The van der Waals surface area contributed by atoms with Crippen LogP contribution in [0, 0.1) is 0 Å². The molecule has 0 N–H and O–H groups in total. The minimum absolute atomic E-state index is 0.298. The molecule has 0 atom stereocenters. The molecule has 2 aliphatic carbocycles. The van der Waals surface area contributed by atoms with Crippen LogP contribution in [0.15, 0.2) is 103 Å². The lowest BCUT2D eigenvalue weighted by atomic mass is 10.0. The van der Waals surface area contributed by atoms with Gasteiger partial charge in [0.15, 0.2) is 0 Å². The molecule has 0 spiro atoms. The highest BCUT2D eigenvalue weighted by Crippen LogP contribution is 2.47. The van der Waals surface area contributed by atoms with Gasteiger partial charge in [0.1, 0.15) is 0 Å². The van der Waals surface area contributed by atoms with Gasteiger partial charge in [-0.05, 0) is 40.3 Å². The average Bonchev–Trinajstić information content (AvgIpc) is 3.37. The highest BCUT2D eigenvalue weighted by molar-refractivity contribution is 5.78. The van der Waals surface area contributed by atoms with Crippen LogP contribution in [0.2, 0.25) is 0 Å². The molecule has 27 heavy (non-hydrogen) atoms. The Morgan fingerprint density at radius 2 is 1.37 bits per heavy atom. The minimum Gasteiger partial charge on any atom is -0.363 e. The summed E-state index contributed by atoms with van der Waals surface area (Å²) >= 11 is 0. The molecule has 132 valence electrons. The van der Waals surface area contributed by atoms with Crippen molar-refractivity contribution in [3.8, 4) is 11.1 Å². The summed E-state index contributed by atoms with van der Waals surface area (Å²) in [6.07, 6.45) is 8.82. The SMILES string of the molecule is C1=CCC(N(CCc2ccccc2)C2c3ccccc3-c3ccccc32)=C1. The molecule has 0 aromatic heterocycles. The van der Waals surface area contributed by atoms with Gasteiger partial charge in [-0.15, -0.1) is 0 Å². The number of nitrogens with zero attached hydrogens (tertiary/aromatic N) is 1. The van der Waals surface area contributed by atoms with E-state index in [0.29, 0.717) is 6.04 Å². The van der Waals surface area contributed by atoms with Gasteiger partial charge in [-0.25, -0.2) is 0 Å². The van der Waals surface area contributed by atoms with E-state index in [1.54, 1.807) is 0 Å². The lowest BCUT2D eigenvalue weighted by Gasteiger charge is -2.34. The third-order valence-corrected chi connectivity index (χ3v) is 5.72. The smallest absolute Gasteiger partial charge is 0.0805 e. The van der Waals surface area contributed by atoms with Gasteiger partial charge in [-0.2, -0.15) is 0 Å². The molecule has 0 heterocycles. The third-order valence-electron chi connectivity index (χ3n) is 5.72. The van der Waals surface area contributed by atoms with Crippen molar-refractivity contribution in [2.75, 3.05) is 6.54 Å². The van der Waals surface area contributed by atoms with E-state index in [0.717, 1.165) is 19.4 Å². The predicted molar refractivity (Wildman–Crippen MR) is 112 cm³/mol. The van der Waals surface area contributed by atoms with E-state index < -0.39 is 0 Å². The second-order valence-electron chi connectivity index (χ2n) is 7.30. The topological polar surface area (TPSA) is 3.24 Å². The van der Waals surface area contributed by atoms with Crippen molar-refractivity contribution in [1.29, 1.82) is 0 Å². The normalized spacial score (nSPS) is 14.7. The number of hydrogen-bond acceptors (Lipinski definition) is 1. The van der Waals surface area contributed by atoms with Crippen LogP contribution >= 0.6 is 0 Å². The van der Waals surface area contributed by atoms with Gasteiger partial charge in [0, 0.05) is 18.7 Å². The highest BCUT2D eigenvalue weighted by atomic mass is 15.2. The first-order chi connectivity index (χ1) is 13.4. The quantitative estimate of drug-likeness (QED) is 0.534. The first kappa shape index (κ1) is 16.1. The average molecular weight is 349 g/mol. The fourth-order valence-corrected chi connectivity index (χ4v) is 4.45. The van der Waals surface area contributed by atoms with Gasteiger partial charge in [-0.1, -0.05) is 91.0 Å². The Bertz CT molecular complexity index is 968. The monoisotopic (exact) mass is 349 g/mol. The molecule has 1 nitrogen and oxygen atoms in total. The maximum Gasteiger partial charge on any atom is 0.0805 e. The predicted octanol–water partition coefficient (Wildman–Crippen LogP) is 6.14. The zero-order valence-electron chi connectivity index (χ0n) is 15.4. The molecule has 0 saturated heterocycles. The first-order valence-electron chi connectivity index (χ1n) is 9.76.